The number of carbonyl (C=O) groups excluding carboxylic acids is 1. The fourth-order valence-electron chi connectivity index (χ4n) is 1.20. The average Bonchev–Trinajstić information content (AvgIpc) is 2.29. The minimum absolute atomic E-state index is 0.209. The van der Waals surface area contributed by atoms with Crippen molar-refractivity contribution in [2.45, 2.75) is 13.8 Å². The quantitative estimate of drug-likeness (QED) is 0.336. The lowest BCUT2D eigenvalue weighted by Crippen LogP contribution is -2.27. The van der Waals surface area contributed by atoms with E-state index in [1.807, 2.05) is 0 Å². The highest BCUT2D eigenvalue weighted by Crippen LogP contribution is 2.18. The second-order valence-electron chi connectivity index (χ2n) is 3.11. The molecule has 6 heteroatoms. The molecule has 0 aromatic carbocycles. The van der Waals surface area contributed by atoms with Gasteiger partial charge in [-0.1, -0.05) is 0 Å². The van der Waals surface area contributed by atoms with Gasteiger partial charge in [0.05, 0.1) is 17.9 Å². The number of rotatable bonds is 3. The molecule has 86 valence electrons. The van der Waals surface area contributed by atoms with Crippen LogP contribution in [0.1, 0.15) is 13.8 Å². The molecule has 0 aromatic rings. The van der Waals surface area contributed by atoms with E-state index in [1.54, 1.807) is 13.8 Å². The van der Waals surface area contributed by atoms with Gasteiger partial charge >= 0.3 is 5.97 Å². The van der Waals surface area contributed by atoms with Crippen molar-refractivity contribution in [3.63, 3.8) is 0 Å². The molecule has 0 amide bonds. The van der Waals surface area contributed by atoms with Gasteiger partial charge in [-0.25, -0.2) is 10.6 Å². The van der Waals surface area contributed by atoms with Crippen LogP contribution < -0.4 is 5.84 Å². The van der Waals surface area contributed by atoms with E-state index < -0.39 is 5.97 Å². The van der Waals surface area contributed by atoms with E-state index >= 15 is 0 Å². The molecule has 0 saturated heterocycles. The second-order valence-corrected chi connectivity index (χ2v) is 3.11. The zero-order valence-electron chi connectivity index (χ0n) is 9.14. The molecule has 6 nitrogen and oxygen atoms in total. The molecule has 0 unspecified atom stereocenters. The molecule has 0 aromatic heterocycles. The van der Waals surface area contributed by atoms with Gasteiger partial charge in [-0.2, -0.15) is 0 Å². The Morgan fingerprint density at radius 3 is 2.88 bits per heavy atom. The Morgan fingerprint density at radius 2 is 2.31 bits per heavy atom. The molecule has 1 heterocycles. The first-order valence-corrected chi connectivity index (χ1v) is 4.75. The number of nitrogens with zero attached hydrogens (tertiary/aromatic N) is 2. The molecule has 0 bridgehead atoms. The lowest BCUT2D eigenvalue weighted by Gasteiger charge is -2.20. The van der Waals surface area contributed by atoms with E-state index in [2.05, 4.69) is 5.18 Å². The maximum absolute atomic E-state index is 11.5. The van der Waals surface area contributed by atoms with Crippen molar-refractivity contribution >= 4 is 5.97 Å². The van der Waals surface area contributed by atoms with Crippen LogP contribution in [0.2, 0.25) is 0 Å². The van der Waals surface area contributed by atoms with Gasteiger partial charge in [0.15, 0.2) is 0 Å². The van der Waals surface area contributed by atoms with Crippen LogP contribution in [0, 0.1) is 4.91 Å². The molecule has 16 heavy (non-hydrogen) atoms. The summed E-state index contributed by atoms with van der Waals surface area (Å²) >= 11 is 0. The SMILES string of the molecule is CCOC(=O)/C(C)=C1\C=C(N=O)C=CN1N. The Balaban J connectivity index is 3.05. The summed E-state index contributed by atoms with van der Waals surface area (Å²) < 4.78 is 4.83. The predicted molar refractivity (Wildman–Crippen MR) is 58.4 cm³/mol. The summed E-state index contributed by atoms with van der Waals surface area (Å²) in [5.41, 5.74) is 0.936. The molecule has 1 rings (SSSR count). The minimum atomic E-state index is -0.468. The highest BCUT2D eigenvalue weighted by molar-refractivity contribution is 5.89. The number of esters is 1. The number of hydrazine groups is 1. The van der Waals surface area contributed by atoms with Gasteiger partial charge in [0.2, 0.25) is 0 Å². The number of nitrogens with two attached hydrogens (primary N) is 1. The Hall–Kier alpha value is -1.95. The highest BCUT2D eigenvalue weighted by atomic mass is 16.5. The van der Waals surface area contributed by atoms with Crippen LogP contribution >= 0.6 is 0 Å². The van der Waals surface area contributed by atoms with Crippen LogP contribution in [-0.2, 0) is 9.53 Å². The van der Waals surface area contributed by atoms with Gasteiger partial charge in [-0.05, 0) is 31.2 Å². The summed E-state index contributed by atoms with van der Waals surface area (Å²) in [5.74, 6) is 5.16. The lowest BCUT2D eigenvalue weighted by atomic mass is 10.1. The standard InChI is InChI=1S/C10H13N3O3/c1-3-16-10(14)7(2)9-6-8(12-15)4-5-13(9)11/h4-6H,3,11H2,1-2H3/b9-7+. The molecule has 0 saturated carbocycles. The number of hydrogen-bond acceptors (Lipinski definition) is 6. The van der Waals surface area contributed by atoms with Crippen molar-refractivity contribution in [2.75, 3.05) is 6.61 Å². The smallest absolute Gasteiger partial charge is 0.335 e. The summed E-state index contributed by atoms with van der Waals surface area (Å²) in [6.07, 6.45) is 4.34. The average molecular weight is 223 g/mol. The van der Waals surface area contributed by atoms with Crippen LogP contribution in [0.15, 0.2) is 40.5 Å². The van der Waals surface area contributed by atoms with E-state index in [9.17, 15) is 9.70 Å². The van der Waals surface area contributed by atoms with Gasteiger partial charge < -0.3 is 4.74 Å². The zero-order valence-corrected chi connectivity index (χ0v) is 9.14. The first-order valence-electron chi connectivity index (χ1n) is 4.75. The maximum Gasteiger partial charge on any atom is 0.335 e. The third-order valence-electron chi connectivity index (χ3n) is 2.04. The van der Waals surface area contributed by atoms with Crippen LogP contribution in [0.5, 0.6) is 0 Å². The van der Waals surface area contributed by atoms with Crippen LogP contribution in [-0.4, -0.2) is 17.6 Å². The molecule has 0 atom stereocenters. The van der Waals surface area contributed by atoms with Gasteiger partial charge in [0.25, 0.3) is 0 Å². The first kappa shape index (κ1) is 12.1. The summed E-state index contributed by atoms with van der Waals surface area (Å²) in [6.45, 7) is 3.57. The van der Waals surface area contributed by atoms with E-state index in [0.29, 0.717) is 11.3 Å². The van der Waals surface area contributed by atoms with Crippen LogP contribution in [0.25, 0.3) is 0 Å². The van der Waals surface area contributed by atoms with Crippen molar-refractivity contribution in [3.05, 3.63) is 40.2 Å². The minimum Gasteiger partial charge on any atom is -0.463 e. The molecule has 1 aliphatic rings. The van der Waals surface area contributed by atoms with Crippen molar-refractivity contribution in [1.82, 2.24) is 5.01 Å². The molecule has 0 fully saturated rings. The Labute approximate surface area is 93.0 Å². The summed E-state index contributed by atoms with van der Waals surface area (Å²) in [5, 5.41) is 4.01. The molecular weight excluding hydrogens is 210 g/mol. The summed E-state index contributed by atoms with van der Waals surface area (Å²) in [4.78, 5) is 21.8. The molecule has 0 radical (unpaired) electrons. The van der Waals surface area contributed by atoms with E-state index in [0.717, 1.165) is 0 Å². The molecule has 2 N–H and O–H groups in total. The normalized spacial score (nSPS) is 17.9. The predicted octanol–water partition coefficient (Wildman–Crippen LogP) is 1.18. The van der Waals surface area contributed by atoms with Gasteiger partial charge in [0, 0.05) is 6.20 Å². The van der Waals surface area contributed by atoms with E-state index in [1.165, 1.54) is 23.4 Å². The monoisotopic (exact) mass is 223 g/mol. The third-order valence-corrected chi connectivity index (χ3v) is 2.04. The van der Waals surface area contributed by atoms with Gasteiger partial charge in [-0.15, -0.1) is 4.91 Å². The number of allylic oxidation sites excluding steroid dienone is 2. The highest BCUT2D eigenvalue weighted by Gasteiger charge is 2.16. The number of nitroso groups, excluding NO2 is 1. The molecule has 1 aliphatic heterocycles. The third kappa shape index (κ3) is 2.54. The molecule has 0 spiro atoms. The van der Waals surface area contributed by atoms with E-state index in [4.69, 9.17) is 10.6 Å². The Kier molecular flexibility index (Phi) is 3.96. The Morgan fingerprint density at radius 1 is 1.62 bits per heavy atom. The first-order chi connectivity index (χ1) is 7.60. The largest absolute Gasteiger partial charge is 0.463 e. The summed E-state index contributed by atoms with van der Waals surface area (Å²) in [7, 11) is 0. The van der Waals surface area contributed by atoms with Crippen molar-refractivity contribution in [2.24, 2.45) is 11.0 Å². The number of hydrogen-bond donors (Lipinski definition) is 1. The molecule has 0 aliphatic carbocycles. The fraction of sp³-hybridized carbons (Fsp3) is 0.300. The topological polar surface area (TPSA) is 85.0 Å². The number of carbonyl (C=O) groups is 1. The summed E-state index contributed by atoms with van der Waals surface area (Å²) in [6, 6.07) is 0. The van der Waals surface area contributed by atoms with Crippen molar-refractivity contribution in [3.8, 4) is 0 Å². The van der Waals surface area contributed by atoms with Crippen LogP contribution in [0.3, 0.4) is 0 Å². The van der Waals surface area contributed by atoms with Crippen LogP contribution in [0.4, 0.5) is 0 Å². The fourth-order valence-corrected chi connectivity index (χ4v) is 1.20. The van der Waals surface area contributed by atoms with Gasteiger partial charge in [0.1, 0.15) is 5.70 Å². The van der Waals surface area contributed by atoms with Crippen molar-refractivity contribution in [1.29, 1.82) is 0 Å². The lowest BCUT2D eigenvalue weighted by molar-refractivity contribution is -0.138. The second kappa shape index (κ2) is 5.22. The molecular formula is C10H13N3O3. The maximum atomic E-state index is 11.5. The van der Waals surface area contributed by atoms with Gasteiger partial charge in [-0.3, -0.25) is 5.01 Å². The van der Waals surface area contributed by atoms with E-state index in [-0.39, 0.29) is 12.3 Å². The Bertz CT molecular complexity index is 396. The number of ether oxygens (including phenoxy) is 1. The van der Waals surface area contributed by atoms with Crippen molar-refractivity contribution < 1.29 is 9.53 Å². The zero-order chi connectivity index (χ0) is 12.1.